The lowest BCUT2D eigenvalue weighted by Crippen LogP contribution is -2.63. The molecule has 11 heteroatoms. The first kappa shape index (κ1) is 46.4. The standard InChI is InChI=1S/C54H58O11/c55-47-50(60-34-42-25-13-4-14-26-42)48(58-32-40-21-9-2-10-22-40)45(37-57-31-39-19-7-1-8-20-39)65-54(47)63-38-46-49(59-33-41-23-11-3-12-24-41)51(61-35-43-27-15-5-16-28-43)52(53(56)64-46)62-36-44-29-17-6-18-30-44/h1-30,45-56H,31-38H2/t45-,46-,47-,48-,49-,50-,51+,52-,53-,54-/m1/s1. The molecule has 10 atom stereocenters. The van der Waals surface area contributed by atoms with Crippen LogP contribution in [0.5, 0.6) is 0 Å². The van der Waals surface area contributed by atoms with Crippen molar-refractivity contribution in [2.24, 2.45) is 0 Å². The third-order valence-electron chi connectivity index (χ3n) is 11.5. The van der Waals surface area contributed by atoms with Crippen LogP contribution in [0, 0.1) is 0 Å². The van der Waals surface area contributed by atoms with E-state index >= 15 is 0 Å². The minimum atomic E-state index is -1.42. The van der Waals surface area contributed by atoms with Gasteiger partial charge < -0.3 is 52.8 Å². The van der Waals surface area contributed by atoms with E-state index in [0.717, 1.165) is 33.4 Å². The maximum absolute atomic E-state index is 12.2. The fourth-order valence-corrected chi connectivity index (χ4v) is 8.05. The Morgan fingerprint density at radius 1 is 0.323 bits per heavy atom. The summed E-state index contributed by atoms with van der Waals surface area (Å²) in [5.74, 6) is 0. The fourth-order valence-electron chi connectivity index (χ4n) is 8.05. The van der Waals surface area contributed by atoms with Gasteiger partial charge >= 0.3 is 0 Å². The summed E-state index contributed by atoms with van der Waals surface area (Å²) >= 11 is 0. The van der Waals surface area contributed by atoms with Gasteiger partial charge in [-0.05, 0) is 33.4 Å². The van der Waals surface area contributed by atoms with Crippen LogP contribution in [0.2, 0.25) is 0 Å². The molecule has 8 rings (SSSR count). The zero-order valence-electron chi connectivity index (χ0n) is 36.3. The van der Waals surface area contributed by atoms with Crippen LogP contribution < -0.4 is 0 Å². The first-order valence-electron chi connectivity index (χ1n) is 22.3. The van der Waals surface area contributed by atoms with Gasteiger partial charge in [-0.25, -0.2) is 0 Å². The predicted octanol–water partition coefficient (Wildman–Crippen LogP) is 7.95. The van der Waals surface area contributed by atoms with Gasteiger partial charge in [-0.3, -0.25) is 0 Å². The number of ether oxygens (including phenoxy) is 9. The Hall–Kier alpha value is -5.12. The van der Waals surface area contributed by atoms with Crippen molar-refractivity contribution in [2.75, 3.05) is 13.2 Å². The van der Waals surface area contributed by atoms with E-state index in [4.69, 9.17) is 42.6 Å². The Morgan fingerprint density at radius 3 is 1.06 bits per heavy atom. The van der Waals surface area contributed by atoms with Crippen molar-refractivity contribution >= 4 is 0 Å². The Labute approximate surface area is 381 Å². The van der Waals surface area contributed by atoms with Gasteiger partial charge in [0.25, 0.3) is 0 Å². The van der Waals surface area contributed by atoms with Gasteiger partial charge in [0, 0.05) is 0 Å². The highest BCUT2D eigenvalue weighted by Gasteiger charge is 2.51. The minimum Gasteiger partial charge on any atom is -0.385 e. The van der Waals surface area contributed by atoms with E-state index in [1.807, 2.05) is 182 Å². The third kappa shape index (κ3) is 13.5. The van der Waals surface area contributed by atoms with Crippen molar-refractivity contribution in [3.63, 3.8) is 0 Å². The van der Waals surface area contributed by atoms with Crippen molar-refractivity contribution in [3.05, 3.63) is 215 Å². The molecule has 0 bridgehead atoms. The molecule has 340 valence electrons. The van der Waals surface area contributed by atoms with Gasteiger partial charge in [-0.15, -0.1) is 0 Å². The van der Waals surface area contributed by atoms with Crippen LogP contribution >= 0.6 is 0 Å². The third-order valence-corrected chi connectivity index (χ3v) is 11.5. The SMILES string of the molecule is O[C@H]1[C@H](OC[C@H]2O[C@@H](O)[C@H](OCc3ccccc3)[C@@H](OCc3ccccc3)[C@@H]2OCc2ccccc2)O[C@H](COCc2ccccc2)[C@@H](OCc2ccccc2)[C@@H]1OCc1ccccc1. The molecule has 0 aromatic heterocycles. The largest absolute Gasteiger partial charge is 0.385 e. The molecule has 2 fully saturated rings. The minimum absolute atomic E-state index is 0.114. The molecule has 6 aromatic rings. The molecule has 0 amide bonds. The molecule has 11 nitrogen and oxygen atoms in total. The summed E-state index contributed by atoms with van der Waals surface area (Å²) in [5.41, 5.74) is 5.68. The van der Waals surface area contributed by atoms with Gasteiger partial charge in [0.05, 0.1) is 52.9 Å². The summed E-state index contributed by atoms with van der Waals surface area (Å²) in [4.78, 5) is 0. The monoisotopic (exact) mass is 882 g/mol. The molecule has 6 aromatic carbocycles. The summed E-state index contributed by atoms with van der Waals surface area (Å²) in [6.07, 6.45) is -9.77. The lowest BCUT2D eigenvalue weighted by atomic mass is 9.97. The van der Waals surface area contributed by atoms with Crippen LogP contribution in [0.3, 0.4) is 0 Å². The molecule has 2 saturated heterocycles. The van der Waals surface area contributed by atoms with E-state index < -0.39 is 61.4 Å². The van der Waals surface area contributed by atoms with Crippen molar-refractivity contribution in [2.45, 2.75) is 101 Å². The van der Waals surface area contributed by atoms with Crippen molar-refractivity contribution in [1.82, 2.24) is 0 Å². The lowest BCUT2D eigenvalue weighted by Gasteiger charge is -2.46. The second-order valence-electron chi connectivity index (χ2n) is 16.2. The Morgan fingerprint density at radius 2 is 0.646 bits per heavy atom. The Balaban J connectivity index is 1.05. The maximum atomic E-state index is 12.2. The highest BCUT2D eigenvalue weighted by molar-refractivity contribution is 5.18. The van der Waals surface area contributed by atoms with Gasteiger partial charge in [0.2, 0.25) is 0 Å². The highest BCUT2D eigenvalue weighted by atomic mass is 16.7. The zero-order valence-corrected chi connectivity index (χ0v) is 36.3. The molecule has 2 aliphatic heterocycles. The van der Waals surface area contributed by atoms with E-state index in [1.54, 1.807) is 0 Å². The molecule has 0 unspecified atom stereocenters. The van der Waals surface area contributed by atoms with Gasteiger partial charge in [0.15, 0.2) is 12.6 Å². The van der Waals surface area contributed by atoms with Crippen LogP contribution in [0.15, 0.2) is 182 Å². The lowest BCUT2D eigenvalue weighted by molar-refractivity contribution is -0.344. The van der Waals surface area contributed by atoms with Gasteiger partial charge in [-0.1, -0.05) is 182 Å². The van der Waals surface area contributed by atoms with Crippen molar-refractivity contribution in [3.8, 4) is 0 Å². The number of aliphatic hydroxyl groups is 2. The van der Waals surface area contributed by atoms with E-state index in [9.17, 15) is 10.2 Å². The van der Waals surface area contributed by atoms with E-state index in [0.29, 0.717) is 6.61 Å². The summed E-state index contributed by atoms with van der Waals surface area (Å²) in [7, 11) is 0. The molecular weight excluding hydrogens is 825 g/mol. The molecule has 2 aliphatic rings. The number of aliphatic hydroxyl groups excluding tert-OH is 2. The van der Waals surface area contributed by atoms with Crippen LogP contribution in [0.4, 0.5) is 0 Å². The van der Waals surface area contributed by atoms with Crippen LogP contribution in [0.1, 0.15) is 33.4 Å². The predicted molar refractivity (Wildman–Crippen MR) is 243 cm³/mol. The second kappa shape index (κ2) is 24.4. The van der Waals surface area contributed by atoms with Crippen LogP contribution in [-0.2, 0) is 82.3 Å². The fraction of sp³-hybridized carbons (Fsp3) is 0.333. The van der Waals surface area contributed by atoms with Crippen molar-refractivity contribution < 1.29 is 52.8 Å². The number of benzene rings is 6. The van der Waals surface area contributed by atoms with Gasteiger partial charge in [0.1, 0.15) is 48.8 Å². The van der Waals surface area contributed by atoms with E-state index in [-0.39, 0.29) is 46.2 Å². The van der Waals surface area contributed by atoms with E-state index in [1.165, 1.54) is 0 Å². The number of hydrogen-bond acceptors (Lipinski definition) is 11. The quantitative estimate of drug-likeness (QED) is 0.0691. The molecule has 2 N–H and O–H groups in total. The topological polar surface area (TPSA) is 124 Å². The average molecular weight is 883 g/mol. The summed E-state index contributed by atoms with van der Waals surface area (Å²) < 4.78 is 58.8. The average Bonchev–Trinajstić information content (AvgIpc) is 3.36. The number of hydrogen-bond donors (Lipinski definition) is 2. The summed E-state index contributed by atoms with van der Waals surface area (Å²) in [6, 6.07) is 58.8. The van der Waals surface area contributed by atoms with Gasteiger partial charge in [-0.2, -0.15) is 0 Å². The summed E-state index contributed by atoms with van der Waals surface area (Å²) in [5, 5.41) is 24.0. The normalized spacial score (nSPS) is 25.6. The number of rotatable bonds is 22. The molecule has 2 heterocycles. The Bertz CT molecular complexity index is 2210. The Kier molecular flexibility index (Phi) is 17.4. The maximum Gasteiger partial charge on any atom is 0.186 e. The smallest absolute Gasteiger partial charge is 0.186 e. The molecule has 0 aliphatic carbocycles. The van der Waals surface area contributed by atoms with Crippen molar-refractivity contribution in [1.29, 1.82) is 0 Å². The second-order valence-corrected chi connectivity index (χ2v) is 16.2. The van der Waals surface area contributed by atoms with Crippen LogP contribution in [0.25, 0.3) is 0 Å². The first-order valence-corrected chi connectivity index (χ1v) is 22.3. The van der Waals surface area contributed by atoms with Crippen LogP contribution in [-0.4, -0.2) is 84.8 Å². The highest BCUT2D eigenvalue weighted by Crippen LogP contribution is 2.33. The molecule has 0 spiro atoms. The molecule has 0 radical (unpaired) electrons. The summed E-state index contributed by atoms with van der Waals surface area (Å²) in [6.45, 7) is 1.39. The zero-order chi connectivity index (χ0) is 44.5. The first-order chi connectivity index (χ1) is 32.1. The molecule has 0 saturated carbocycles. The van der Waals surface area contributed by atoms with E-state index in [2.05, 4.69) is 0 Å². The molecular formula is C54H58O11. The molecule has 65 heavy (non-hydrogen) atoms.